The highest BCUT2D eigenvalue weighted by molar-refractivity contribution is 6.12. The van der Waals surface area contributed by atoms with Crippen molar-refractivity contribution >= 4 is 23.0 Å². The number of aliphatic hydroxyl groups is 1. The summed E-state index contributed by atoms with van der Waals surface area (Å²) in [6.07, 6.45) is 0. The normalized spacial score (nSPS) is 16.1. The number of fused-ring (bicyclic) bond motifs is 3. The largest absolute Gasteiger partial charge is 0.493 e. The molecule has 2 heterocycles. The molecule has 124 valence electrons. The van der Waals surface area contributed by atoms with Crippen LogP contribution in [0.1, 0.15) is 0 Å². The van der Waals surface area contributed by atoms with E-state index in [0.717, 1.165) is 11.4 Å². The summed E-state index contributed by atoms with van der Waals surface area (Å²) in [5.74, 6) is -1.08. The maximum Gasteiger partial charge on any atom is 0.297 e. The number of hydrazine groups is 2. The Balaban J connectivity index is 0.00000169. The number of benzene rings is 2. The molecule has 0 radical (unpaired) electrons. The average Bonchev–Trinajstić information content (AvgIpc) is 2.90. The first-order valence-electron chi connectivity index (χ1n) is 7.00. The van der Waals surface area contributed by atoms with Gasteiger partial charge in [0, 0.05) is 7.05 Å². The molecule has 2 aliphatic rings. The van der Waals surface area contributed by atoms with Crippen LogP contribution < -0.4 is 20.5 Å². The van der Waals surface area contributed by atoms with Crippen molar-refractivity contribution in [1.82, 2.24) is 5.53 Å². The van der Waals surface area contributed by atoms with Crippen molar-refractivity contribution in [2.75, 3.05) is 22.0 Å². The van der Waals surface area contributed by atoms with E-state index in [9.17, 15) is 14.3 Å². The summed E-state index contributed by atoms with van der Waals surface area (Å²) in [6.45, 7) is 0. The second kappa shape index (κ2) is 5.52. The lowest BCUT2D eigenvalue weighted by molar-refractivity contribution is -0.114. The van der Waals surface area contributed by atoms with Gasteiger partial charge in [0.1, 0.15) is 5.82 Å². The Morgan fingerprint density at radius 3 is 2.46 bits per heavy atom. The number of nitrogens with zero attached hydrogens (tertiary/aromatic N) is 3. The number of rotatable bonds is 1. The molecule has 2 aromatic rings. The van der Waals surface area contributed by atoms with Crippen LogP contribution in [0.3, 0.4) is 0 Å². The van der Waals surface area contributed by atoms with E-state index in [-0.39, 0.29) is 17.1 Å². The molecule has 0 unspecified atom stereocenters. The summed E-state index contributed by atoms with van der Waals surface area (Å²) >= 11 is 0. The number of aliphatic hydroxyl groups excluding tert-OH is 1. The predicted octanol–water partition coefficient (Wildman–Crippen LogP) is 1.45. The molecule has 0 atom stereocenters. The monoisotopic (exact) mass is 330 g/mol. The number of para-hydroxylation sites is 2. The number of hydrogen-bond acceptors (Lipinski definition) is 5. The fourth-order valence-electron chi connectivity index (χ4n) is 2.77. The number of amides is 1. The van der Waals surface area contributed by atoms with Crippen molar-refractivity contribution in [1.29, 1.82) is 0 Å². The van der Waals surface area contributed by atoms with Crippen molar-refractivity contribution in [3.05, 3.63) is 65.9 Å². The van der Waals surface area contributed by atoms with Crippen molar-refractivity contribution < 1.29 is 19.8 Å². The maximum absolute atomic E-state index is 13.4. The minimum absolute atomic E-state index is 0. The lowest BCUT2D eigenvalue weighted by Crippen LogP contribution is -2.42. The van der Waals surface area contributed by atoms with Gasteiger partial charge in [-0.15, -0.1) is 5.53 Å². The Kier molecular flexibility index (Phi) is 3.63. The average molecular weight is 330 g/mol. The molecular formula is C16H15FN4O3. The zero-order chi connectivity index (χ0) is 16.1. The Morgan fingerprint density at radius 1 is 1.04 bits per heavy atom. The zero-order valence-electron chi connectivity index (χ0n) is 12.7. The summed E-state index contributed by atoms with van der Waals surface area (Å²) < 4.78 is 13.4. The third kappa shape index (κ3) is 2.08. The van der Waals surface area contributed by atoms with E-state index >= 15 is 0 Å². The minimum atomic E-state index is -0.463. The van der Waals surface area contributed by atoms with Gasteiger partial charge in [-0.3, -0.25) is 4.79 Å². The van der Waals surface area contributed by atoms with Gasteiger partial charge in [0.2, 0.25) is 5.88 Å². The highest BCUT2D eigenvalue weighted by Crippen LogP contribution is 2.40. The number of carbonyl (C=O) groups is 1. The van der Waals surface area contributed by atoms with Crippen LogP contribution in [-0.4, -0.2) is 23.5 Å². The Hall–Kier alpha value is -3.10. The van der Waals surface area contributed by atoms with Gasteiger partial charge >= 0.3 is 0 Å². The number of halogens is 1. The molecule has 0 saturated carbocycles. The summed E-state index contributed by atoms with van der Waals surface area (Å²) in [5, 5.41) is 13.1. The van der Waals surface area contributed by atoms with E-state index in [1.807, 2.05) is 24.3 Å². The zero-order valence-corrected chi connectivity index (χ0v) is 12.7. The molecule has 0 spiro atoms. The SMILES string of the molecule is CN1C(O)=C2C(=O)N(c3cccc(F)c3)NN2c2ccccc21.O. The second-order valence-electron chi connectivity index (χ2n) is 5.28. The van der Waals surface area contributed by atoms with Crippen LogP contribution in [0.4, 0.5) is 21.5 Å². The molecule has 0 bridgehead atoms. The standard InChI is InChI=1S/C16H13FN4O2.H2O/c1-19-12-7-2-3-8-13(12)21-14(15(19)22)16(23)20(18-21)11-6-4-5-10(17)9-11;/h2-9,18,22H,1H3;1H2. The van der Waals surface area contributed by atoms with Crippen LogP contribution in [0.15, 0.2) is 60.1 Å². The molecule has 1 saturated heterocycles. The fraction of sp³-hybridized carbons (Fsp3) is 0.0625. The van der Waals surface area contributed by atoms with Gasteiger partial charge in [0.05, 0.1) is 17.1 Å². The molecule has 7 nitrogen and oxygen atoms in total. The quantitative estimate of drug-likeness (QED) is 0.826. The highest BCUT2D eigenvalue weighted by atomic mass is 19.1. The maximum atomic E-state index is 13.4. The number of anilines is 3. The third-order valence-corrected chi connectivity index (χ3v) is 3.91. The Morgan fingerprint density at radius 2 is 1.75 bits per heavy atom. The van der Waals surface area contributed by atoms with Crippen LogP contribution in [-0.2, 0) is 4.79 Å². The van der Waals surface area contributed by atoms with E-state index in [4.69, 9.17) is 0 Å². The predicted molar refractivity (Wildman–Crippen MR) is 87.6 cm³/mol. The van der Waals surface area contributed by atoms with E-state index < -0.39 is 11.7 Å². The van der Waals surface area contributed by atoms with Crippen LogP contribution in [0, 0.1) is 5.82 Å². The first-order valence-corrected chi connectivity index (χ1v) is 7.00. The van der Waals surface area contributed by atoms with Gasteiger partial charge in [0.15, 0.2) is 5.70 Å². The number of nitrogens with one attached hydrogen (secondary N) is 1. The molecule has 1 fully saturated rings. The first-order chi connectivity index (χ1) is 11.1. The molecule has 24 heavy (non-hydrogen) atoms. The summed E-state index contributed by atoms with van der Waals surface area (Å²) in [5.41, 5.74) is 4.81. The van der Waals surface area contributed by atoms with Crippen molar-refractivity contribution in [2.45, 2.75) is 0 Å². The topological polar surface area (TPSA) is 90.6 Å². The van der Waals surface area contributed by atoms with E-state index in [1.165, 1.54) is 33.1 Å². The van der Waals surface area contributed by atoms with Crippen LogP contribution in [0.25, 0.3) is 0 Å². The van der Waals surface area contributed by atoms with Gasteiger partial charge in [-0.05, 0) is 30.3 Å². The Labute approximate surface area is 137 Å². The molecule has 4 N–H and O–H groups in total. The van der Waals surface area contributed by atoms with Gasteiger partial charge in [0.25, 0.3) is 5.91 Å². The number of carbonyl (C=O) groups excluding carboxylic acids is 1. The Bertz CT molecular complexity index is 855. The van der Waals surface area contributed by atoms with E-state index in [1.54, 1.807) is 13.1 Å². The van der Waals surface area contributed by atoms with Crippen molar-refractivity contribution in [3.8, 4) is 0 Å². The molecule has 4 rings (SSSR count). The van der Waals surface area contributed by atoms with Gasteiger partial charge in [-0.25, -0.2) is 14.4 Å². The second-order valence-corrected chi connectivity index (χ2v) is 5.28. The molecular weight excluding hydrogens is 315 g/mol. The van der Waals surface area contributed by atoms with Gasteiger partial charge < -0.3 is 15.5 Å². The molecule has 8 heteroatoms. The lowest BCUT2D eigenvalue weighted by Gasteiger charge is -2.32. The van der Waals surface area contributed by atoms with Crippen molar-refractivity contribution in [3.63, 3.8) is 0 Å². The fourth-order valence-corrected chi connectivity index (χ4v) is 2.77. The third-order valence-electron chi connectivity index (χ3n) is 3.91. The molecule has 1 amide bonds. The molecule has 0 aromatic heterocycles. The van der Waals surface area contributed by atoms with E-state index in [0.29, 0.717) is 5.69 Å². The smallest absolute Gasteiger partial charge is 0.297 e. The van der Waals surface area contributed by atoms with Crippen LogP contribution >= 0.6 is 0 Å². The minimum Gasteiger partial charge on any atom is -0.493 e. The summed E-state index contributed by atoms with van der Waals surface area (Å²) in [7, 11) is 1.68. The molecule has 2 aliphatic heterocycles. The molecule has 2 aromatic carbocycles. The van der Waals surface area contributed by atoms with Crippen molar-refractivity contribution in [2.24, 2.45) is 0 Å². The van der Waals surface area contributed by atoms with Crippen LogP contribution in [0.5, 0.6) is 0 Å². The first kappa shape index (κ1) is 15.8. The summed E-state index contributed by atoms with van der Waals surface area (Å²) in [6, 6.07) is 13.0. The highest BCUT2D eigenvalue weighted by Gasteiger charge is 2.42. The molecule has 0 aliphatic carbocycles. The number of hydrogen-bond donors (Lipinski definition) is 2. The summed E-state index contributed by atoms with van der Waals surface area (Å²) in [4.78, 5) is 14.2. The lowest BCUT2D eigenvalue weighted by atomic mass is 10.2. The van der Waals surface area contributed by atoms with Crippen LogP contribution in [0.2, 0.25) is 0 Å². The van der Waals surface area contributed by atoms with E-state index in [2.05, 4.69) is 5.53 Å². The van der Waals surface area contributed by atoms with Gasteiger partial charge in [-0.1, -0.05) is 18.2 Å². The van der Waals surface area contributed by atoms with Gasteiger partial charge in [-0.2, -0.15) is 0 Å².